The van der Waals surface area contributed by atoms with Gasteiger partial charge in [0.05, 0.1) is 5.92 Å². The van der Waals surface area contributed by atoms with Gasteiger partial charge < -0.3 is 5.11 Å². The molecule has 3 aliphatic carbocycles. The van der Waals surface area contributed by atoms with Gasteiger partial charge in [-0.3, -0.25) is 4.79 Å². The number of carbonyl (C=O) groups is 1. The summed E-state index contributed by atoms with van der Waals surface area (Å²) in [5.41, 5.74) is 0.280. The minimum atomic E-state index is -0.524. The number of aliphatic carboxylic acids is 1. The third-order valence-corrected chi connectivity index (χ3v) is 5.07. The molecule has 0 aromatic rings. The third kappa shape index (κ3) is 0.945. The lowest BCUT2D eigenvalue weighted by Crippen LogP contribution is -2.36. The molecule has 1 unspecified atom stereocenters. The van der Waals surface area contributed by atoms with Crippen molar-refractivity contribution in [2.45, 2.75) is 44.9 Å². The fourth-order valence-corrected chi connectivity index (χ4v) is 3.74. The van der Waals surface area contributed by atoms with E-state index in [1.807, 2.05) is 0 Å². The molecule has 3 saturated carbocycles. The SMILES string of the molecule is O=C(O)C1CC1(C1CCC1)C1CCC1. The highest BCUT2D eigenvalue weighted by molar-refractivity contribution is 5.75. The second kappa shape index (κ2) is 2.74. The van der Waals surface area contributed by atoms with E-state index < -0.39 is 5.97 Å². The van der Waals surface area contributed by atoms with Crippen molar-refractivity contribution in [3.63, 3.8) is 0 Å². The Morgan fingerprint density at radius 1 is 1.07 bits per heavy atom. The van der Waals surface area contributed by atoms with Gasteiger partial charge in [-0.2, -0.15) is 0 Å². The Hall–Kier alpha value is -0.530. The summed E-state index contributed by atoms with van der Waals surface area (Å²) in [5, 5.41) is 9.13. The quantitative estimate of drug-likeness (QED) is 0.750. The number of rotatable bonds is 3. The van der Waals surface area contributed by atoms with Crippen molar-refractivity contribution in [2.75, 3.05) is 0 Å². The first kappa shape index (κ1) is 8.75. The first-order valence-electron chi connectivity index (χ1n) is 5.98. The van der Waals surface area contributed by atoms with E-state index in [2.05, 4.69) is 0 Å². The molecule has 0 bridgehead atoms. The van der Waals surface area contributed by atoms with Crippen LogP contribution in [0.4, 0.5) is 0 Å². The van der Waals surface area contributed by atoms with Crippen molar-refractivity contribution in [2.24, 2.45) is 23.2 Å². The van der Waals surface area contributed by atoms with Gasteiger partial charge in [0.2, 0.25) is 0 Å². The lowest BCUT2D eigenvalue weighted by atomic mass is 9.61. The van der Waals surface area contributed by atoms with Gasteiger partial charge in [0.25, 0.3) is 0 Å². The predicted molar refractivity (Wildman–Crippen MR) is 52.9 cm³/mol. The van der Waals surface area contributed by atoms with Gasteiger partial charge in [-0.25, -0.2) is 0 Å². The number of hydrogen-bond acceptors (Lipinski definition) is 1. The van der Waals surface area contributed by atoms with E-state index >= 15 is 0 Å². The van der Waals surface area contributed by atoms with Crippen molar-refractivity contribution < 1.29 is 9.90 Å². The topological polar surface area (TPSA) is 37.3 Å². The van der Waals surface area contributed by atoms with Gasteiger partial charge in [-0.05, 0) is 49.4 Å². The Morgan fingerprint density at radius 3 is 1.79 bits per heavy atom. The fraction of sp³-hybridized carbons (Fsp3) is 0.917. The largest absolute Gasteiger partial charge is 0.481 e. The maximum absolute atomic E-state index is 11.1. The molecule has 78 valence electrons. The summed E-state index contributed by atoms with van der Waals surface area (Å²) in [4.78, 5) is 11.1. The number of hydrogen-bond donors (Lipinski definition) is 1. The molecule has 2 nitrogen and oxygen atoms in total. The maximum Gasteiger partial charge on any atom is 0.307 e. The summed E-state index contributed by atoms with van der Waals surface area (Å²) in [6.07, 6.45) is 8.90. The minimum absolute atomic E-state index is 0.0260. The molecule has 2 heteroatoms. The van der Waals surface area contributed by atoms with Crippen LogP contribution in [0.15, 0.2) is 0 Å². The molecule has 0 radical (unpaired) electrons. The first-order chi connectivity index (χ1) is 6.75. The summed E-state index contributed by atoms with van der Waals surface area (Å²) in [6.45, 7) is 0. The summed E-state index contributed by atoms with van der Waals surface area (Å²) < 4.78 is 0. The Balaban J connectivity index is 1.78. The summed E-state index contributed by atoms with van der Waals surface area (Å²) in [5.74, 6) is 1.05. The second-order valence-corrected chi connectivity index (χ2v) is 5.46. The average Bonchev–Trinajstić information content (AvgIpc) is 2.55. The van der Waals surface area contributed by atoms with Crippen molar-refractivity contribution in [1.29, 1.82) is 0 Å². The smallest absolute Gasteiger partial charge is 0.307 e. The highest BCUT2D eigenvalue weighted by atomic mass is 16.4. The minimum Gasteiger partial charge on any atom is -0.481 e. The maximum atomic E-state index is 11.1. The zero-order valence-electron chi connectivity index (χ0n) is 8.54. The zero-order chi connectivity index (χ0) is 9.76. The van der Waals surface area contributed by atoms with E-state index in [0.717, 1.165) is 18.3 Å². The average molecular weight is 194 g/mol. The van der Waals surface area contributed by atoms with E-state index in [9.17, 15) is 4.79 Å². The zero-order valence-corrected chi connectivity index (χ0v) is 8.54. The van der Waals surface area contributed by atoms with Crippen LogP contribution in [-0.4, -0.2) is 11.1 Å². The van der Waals surface area contributed by atoms with Crippen molar-refractivity contribution in [1.82, 2.24) is 0 Å². The van der Waals surface area contributed by atoms with Crippen LogP contribution >= 0.6 is 0 Å². The third-order valence-electron chi connectivity index (χ3n) is 5.07. The van der Waals surface area contributed by atoms with Crippen LogP contribution in [0.2, 0.25) is 0 Å². The molecule has 3 rings (SSSR count). The number of carboxylic acid groups (broad SMARTS) is 1. The summed E-state index contributed by atoms with van der Waals surface area (Å²) in [7, 11) is 0. The van der Waals surface area contributed by atoms with E-state index in [0.29, 0.717) is 0 Å². The summed E-state index contributed by atoms with van der Waals surface area (Å²) in [6, 6.07) is 0. The van der Waals surface area contributed by atoms with Crippen LogP contribution in [0.3, 0.4) is 0 Å². The number of carboxylic acids is 1. The molecule has 3 aliphatic rings. The van der Waals surface area contributed by atoms with Gasteiger partial charge in [-0.15, -0.1) is 0 Å². The molecular weight excluding hydrogens is 176 g/mol. The van der Waals surface area contributed by atoms with E-state index in [4.69, 9.17) is 5.11 Å². The monoisotopic (exact) mass is 194 g/mol. The van der Waals surface area contributed by atoms with E-state index in [1.165, 1.54) is 38.5 Å². The van der Waals surface area contributed by atoms with Crippen LogP contribution in [0.1, 0.15) is 44.9 Å². The molecule has 14 heavy (non-hydrogen) atoms. The highest BCUT2D eigenvalue weighted by Gasteiger charge is 2.67. The Bertz CT molecular complexity index is 249. The molecule has 0 aromatic heterocycles. The molecule has 1 N–H and O–H groups in total. The van der Waals surface area contributed by atoms with Crippen LogP contribution in [0, 0.1) is 23.2 Å². The molecule has 3 fully saturated rings. The van der Waals surface area contributed by atoms with Crippen molar-refractivity contribution in [3.05, 3.63) is 0 Å². The standard InChI is InChI=1S/C12H18O2/c13-11(14)10-7-12(10,8-3-1-4-8)9-5-2-6-9/h8-10H,1-7H2,(H,13,14). The molecule has 1 atom stereocenters. The van der Waals surface area contributed by atoms with E-state index in [-0.39, 0.29) is 11.3 Å². The van der Waals surface area contributed by atoms with Gasteiger partial charge in [0.15, 0.2) is 0 Å². The Morgan fingerprint density at radius 2 is 1.57 bits per heavy atom. The lowest BCUT2D eigenvalue weighted by Gasteiger charge is -2.44. The molecule has 0 heterocycles. The van der Waals surface area contributed by atoms with Gasteiger partial charge >= 0.3 is 5.97 Å². The van der Waals surface area contributed by atoms with Gasteiger partial charge in [0, 0.05) is 0 Å². The Labute approximate surface area is 84.7 Å². The van der Waals surface area contributed by atoms with Crippen LogP contribution in [-0.2, 0) is 4.79 Å². The normalized spacial score (nSPS) is 35.9. The summed E-state index contributed by atoms with van der Waals surface area (Å²) >= 11 is 0. The molecule has 0 saturated heterocycles. The Kier molecular flexibility index (Phi) is 1.71. The fourth-order valence-electron chi connectivity index (χ4n) is 3.74. The van der Waals surface area contributed by atoms with E-state index in [1.54, 1.807) is 0 Å². The second-order valence-electron chi connectivity index (χ2n) is 5.46. The van der Waals surface area contributed by atoms with Crippen molar-refractivity contribution in [3.8, 4) is 0 Å². The van der Waals surface area contributed by atoms with Crippen molar-refractivity contribution >= 4 is 5.97 Å². The molecule has 0 aromatic carbocycles. The van der Waals surface area contributed by atoms with Gasteiger partial charge in [-0.1, -0.05) is 12.8 Å². The van der Waals surface area contributed by atoms with Crippen LogP contribution in [0.25, 0.3) is 0 Å². The molecule has 0 spiro atoms. The van der Waals surface area contributed by atoms with Crippen LogP contribution < -0.4 is 0 Å². The molecular formula is C12H18O2. The van der Waals surface area contributed by atoms with Gasteiger partial charge in [0.1, 0.15) is 0 Å². The first-order valence-corrected chi connectivity index (χ1v) is 5.98. The van der Waals surface area contributed by atoms with Crippen LogP contribution in [0.5, 0.6) is 0 Å². The lowest BCUT2D eigenvalue weighted by molar-refractivity contribution is -0.141. The predicted octanol–water partition coefficient (Wildman–Crippen LogP) is 2.68. The molecule has 0 amide bonds. The molecule has 0 aliphatic heterocycles. The highest BCUT2D eigenvalue weighted by Crippen LogP contribution is 2.70.